The van der Waals surface area contributed by atoms with Gasteiger partial charge in [0.25, 0.3) is 0 Å². The summed E-state index contributed by atoms with van der Waals surface area (Å²) in [6, 6.07) is 8.67. The molecule has 0 saturated heterocycles. The molecule has 0 spiro atoms. The van der Waals surface area contributed by atoms with E-state index in [1.54, 1.807) is 0 Å². The van der Waals surface area contributed by atoms with E-state index in [2.05, 4.69) is 61.5 Å². The van der Waals surface area contributed by atoms with Crippen molar-refractivity contribution in [2.24, 2.45) is 0 Å². The van der Waals surface area contributed by atoms with Crippen molar-refractivity contribution in [1.29, 1.82) is 0 Å². The molecule has 19 heavy (non-hydrogen) atoms. The minimum Gasteiger partial charge on any atom is -0.337 e. The van der Waals surface area contributed by atoms with E-state index < -0.39 is 0 Å². The number of nitrogens with zero attached hydrogens (tertiary/aromatic N) is 1. The van der Waals surface area contributed by atoms with Crippen LogP contribution in [0.25, 0.3) is 0 Å². The Balaban J connectivity index is 2.21. The molecule has 0 aliphatic heterocycles. The van der Waals surface area contributed by atoms with Crippen molar-refractivity contribution in [1.82, 2.24) is 9.55 Å². The maximum atomic E-state index is 5.39. The first-order chi connectivity index (χ1) is 8.88. The summed E-state index contributed by atoms with van der Waals surface area (Å²) >= 11 is 5.39. The summed E-state index contributed by atoms with van der Waals surface area (Å²) in [6.07, 6.45) is 3.05. The fraction of sp³-hybridized carbons (Fsp3) is 0.438. The Morgan fingerprint density at radius 3 is 2.63 bits per heavy atom. The predicted octanol–water partition coefficient (Wildman–Crippen LogP) is 4.39. The summed E-state index contributed by atoms with van der Waals surface area (Å²) in [4.78, 5) is 3.17. The molecule has 0 aliphatic rings. The molecule has 0 radical (unpaired) electrons. The number of nitrogens with one attached hydrogen (secondary N) is 1. The first kappa shape index (κ1) is 14.1. The van der Waals surface area contributed by atoms with Gasteiger partial charge in [0.2, 0.25) is 0 Å². The summed E-state index contributed by atoms with van der Waals surface area (Å²) in [5, 5.41) is 0. The van der Waals surface area contributed by atoms with Gasteiger partial charge >= 0.3 is 0 Å². The molecule has 2 aromatic rings. The van der Waals surface area contributed by atoms with Crippen LogP contribution in [0.4, 0.5) is 0 Å². The molecular weight excluding hydrogens is 252 g/mol. The van der Waals surface area contributed by atoms with E-state index >= 15 is 0 Å². The molecule has 1 heterocycles. The smallest absolute Gasteiger partial charge is 0.177 e. The Morgan fingerprint density at radius 1 is 1.26 bits per heavy atom. The summed E-state index contributed by atoms with van der Waals surface area (Å²) in [6.45, 7) is 9.71. The van der Waals surface area contributed by atoms with E-state index in [0.29, 0.717) is 0 Å². The van der Waals surface area contributed by atoms with Crippen LogP contribution in [-0.4, -0.2) is 9.55 Å². The molecule has 3 heteroatoms. The molecule has 0 amide bonds. The normalized spacial score (nSPS) is 11.8. The van der Waals surface area contributed by atoms with Gasteiger partial charge in [-0.2, -0.15) is 0 Å². The van der Waals surface area contributed by atoms with E-state index in [1.807, 2.05) is 6.20 Å². The fourth-order valence-corrected chi connectivity index (χ4v) is 2.60. The van der Waals surface area contributed by atoms with Crippen LogP contribution in [0, 0.1) is 11.7 Å². The van der Waals surface area contributed by atoms with E-state index in [4.69, 9.17) is 12.2 Å². The van der Waals surface area contributed by atoms with Crippen molar-refractivity contribution in [2.75, 3.05) is 0 Å². The van der Waals surface area contributed by atoms with Crippen LogP contribution in [0.1, 0.15) is 37.6 Å². The molecular formula is C16H22N2S. The van der Waals surface area contributed by atoms with E-state index in [9.17, 15) is 0 Å². The van der Waals surface area contributed by atoms with Gasteiger partial charge in [-0.3, -0.25) is 0 Å². The number of rotatable bonds is 3. The van der Waals surface area contributed by atoms with Gasteiger partial charge in [0.05, 0.1) is 0 Å². The van der Waals surface area contributed by atoms with Gasteiger partial charge in [0.15, 0.2) is 4.77 Å². The maximum Gasteiger partial charge on any atom is 0.177 e. The molecule has 0 saturated carbocycles. The van der Waals surface area contributed by atoms with Crippen LogP contribution < -0.4 is 0 Å². The highest BCUT2D eigenvalue weighted by atomic mass is 32.1. The Morgan fingerprint density at radius 2 is 2.00 bits per heavy atom. The molecule has 0 aliphatic carbocycles. The van der Waals surface area contributed by atoms with Crippen molar-refractivity contribution < 1.29 is 0 Å². The molecule has 1 aromatic heterocycles. The summed E-state index contributed by atoms with van der Waals surface area (Å²) in [5.41, 5.74) is 4.06. The van der Waals surface area contributed by atoms with Crippen molar-refractivity contribution in [3.8, 4) is 0 Å². The standard InChI is InChI=1S/C16H22N2S/c1-12-6-5-7-13(10-12)8-9-18-14(16(2,3)4)11-17-15(18)19/h5-7,10-11H,8-9H2,1-4H3,(H,17,19). The van der Waals surface area contributed by atoms with Crippen molar-refractivity contribution >= 4 is 12.2 Å². The van der Waals surface area contributed by atoms with Crippen LogP contribution in [0.2, 0.25) is 0 Å². The zero-order valence-electron chi connectivity index (χ0n) is 12.2. The van der Waals surface area contributed by atoms with Crippen LogP contribution >= 0.6 is 12.2 Å². The second-order valence-corrected chi connectivity index (χ2v) is 6.51. The Kier molecular flexibility index (Phi) is 3.95. The van der Waals surface area contributed by atoms with Crippen molar-refractivity contribution in [3.63, 3.8) is 0 Å². The zero-order valence-corrected chi connectivity index (χ0v) is 13.0. The van der Waals surface area contributed by atoms with Crippen molar-refractivity contribution in [3.05, 3.63) is 52.1 Å². The molecule has 1 aromatic carbocycles. The van der Waals surface area contributed by atoms with Gasteiger partial charge in [-0.25, -0.2) is 0 Å². The molecule has 0 atom stereocenters. The first-order valence-electron chi connectivity index (χ1n) is 6.72. The molecule has 0 bridgehead atoms. The largest absolute Gasteiger partial charge is 0.337 e. The minimum absolute atomic E-state index is 0.111. The number of aromatic amines is 1. The highest BCUT2D eigenvalue weighted by Crippen LogP contribution is 2.22. The van der Waals surface area contributed by atoms with Crippen LogP contribution in [-0.2, 0) is 18.4 Å². The van der Waals surface area contributed by atoms with Gasteiger partial charge in [-0.15, -0.1) is 0 Å². The number of hydrogen-bond acceptors (Lipinski definition) is 1. The molecule has 102 valence electrons. The Bertz CT molecular complexity index is 614. The van der Waals surface area contributed by atoms with E-state index in [0.717, 1.165) is 17.7 Å². The van der Waals surface area contributed by atoms with E-state index in [1.165, 1.54) is 16.8 Å². The SMILES string of the molecule is Cc1cccc(CCn2c(C(C)(C)C)c[nH]c2=S)c1. The van der Waals surface area contributed by atoms with Crippen molar-refractivity contribution in [2.45, 2.75) is 46.1 Å². The van der Waals surface area contributed by atoms with Crippen LogP contribution in [0.3, 0.4) is 0 Å². The lowest BCUT2D eigenvalue weighted by molar-refractivity contribution is 0.514. The second-order valence-electron chi connectivity index (χ2n) is 6.12. The van der Waals surface area contributed by atoms with Gasteiger partial charge in [0, 0.05) is 23.9 Å². The topological polar surface area (TPSA) is 20.7 Å². The lowest BCUT2D eigenvalue weighted by atomic mass is 9.92. The lowest BCUT2D eigenvalue weighted by Crippen LogP contribution is -2.18. The number of aryl methyl sites for hydroxylation is 2. The number of aromatic nitrogens is 2. The summed E-state index contributed by atoms with van der Waals surface area (Å²) in [5.74, 6) is 0. The van der Waals surface area contributed by atoms with Crippen LogP contribution in [0.15, 0.2) is 30.5 Å². The third kappa shape index (κ3) is 3.35. The Hall–Kier alpha value is -1.35. The fourth-order valence-electron chi connectivity index (χ4n) is 2.35. The maximum absolute atomic E-state index is 5.39. The third-order valence-corrected chi connectivity index (χ3v) is 3.68. The molecule has 2 rings (SSSR count). The number of hydrogen-bond donors (Lipinski definition) is 1. The van der Waals surface area contributed by atoms with Gasteiger partial charge in [-0.1, -0.05) is 50.6 Å². The molecule has 1 N–H and O–H groups in total. The lowest BCUT2D eigenvalue weighted by Gasteiger charge is -2.20. The summed E-state index contributed by atoms with van der Waals surface area (Å²) < 4.78 is 3.04. The quantitative estimate of drug-likeness (QED) is 0.823. The first-order valence-corrected chi connectivity index (χ1v) is 7.13. The monoisotopic (exact) mass is 274 g/mol. The van der Waals surface area contributed by atoms with Gasteiger partial charge in [0.1, 0.15) is 0 Å². The number of H-pyrrole nitrogens is 1. The second kappa shape index (κ2) is 5.33. The average molecular weight is 274 g/mol. The Labute approximate surface area is 120 Å². The molecule has 0 fully saturated rings. The minimum atomic E-state index is 0.111. The zero-order chi connectivity index (χ0) is 14.0. The van der Waals surface area contributed by atoms with Gasteiger partial charge in [-0.05, 0) is 31.1 Å². The predicted molar refractivity (Wildman–Crippen MR) is 83.2 cm³/mol. The highest BCUT2D eigenvalue weighted by Gasteiger charge is 2.18. The van der Waals surface area contributed by atoms with E-state index in [-0.39, 0.29) is 5.41 Å². The number of benzene rings is 1. The van der Waals surface area contributed by atoms with Gasteiger partial charge < -0.3 is 9.55 Å². The molecule has 0 unspecified atom stereocenters. The highest BCUT2D eigenvalue weighted by molar-refractivity contribution is 7.71. The van der Waals surface area contributed by atoms with Crippen LogP contribution in [0.5, 0.6) is 0 Å². The molecule has 2 nitrogen and oxygen atoms in total. The average Bonchev–Trinajstić information content (AvgIpc) is 2.68. The summed E-state index contributed by atoms with van der Waals surface area (Å²) in [7, 11) is 0. The third-order valence-electron chi connectivity index (χ3n) is 3.34. The number of imidazole rings is 1.